The summed E-state index contributed by atoms with van der Waals surface area (Å²) in [5, 5.41) is 1.88. The smallest absolute Gasteiger partial charge is 0.336 e. The zero-order valence-electron chi connectivity index (χ0n) is 12.1. The lowest BCUT2D eigenvalue weighted by Gasteiger charge is -2.08. The molecule has 21 heavy (non-hydrogen) atoms. The van der Waals surface area contributed by atoms with Crippen LogP contribution in [0.4, 0.5) is 0 Å². The Morgan fingerprint density at radius 3 is 2.76 bits per heavy atom. The highest BCUT2D eigenvalue weighted by Gasteiger charge is 2.16. The van der Waals surface area contributed by atoms with Gasteiger partial charge in [0.1, 0.15) is 16.9 Å². The summed E-state index contributed by atoms with van der Waals surface area (Å²) < 4.78 is 16.6. The first kappa shape index (κ1) is 13.9. The average molecular weight is 287 g/mol. The van der Waals surface area contributed by atoms with E-state index in [9.17, 15) is 4.79 Å². The molecule has 0 aliphatic rings. The normalized spacial score (nSPS) is 11.6. The molecule has 0 bridgehead atoms. The summed E-state index contributed by atoms with van der Waals surface area (Å²) in [5.41, 5.74) is 8.35. The summed E-state index contributed by atoms with van der Waals surface area (Å²) >= 11 is 0. The van der Waals surface area contributed by atoms with Crippen molar-refractivity contribution in [2.75, 3.05) is 13.2 Å². The molecule has 0 fully saturated rings. The predicted molar refractivity (Wildman–Crippen MR) is 80.4 cm³/mol. The first-order valence-electron chi connectivity index (χ1n) is 6.85. The maximum Gasteiger partial charge on any atom is 0.336 e. The van der Waals surface area contributed by atoms with Crippen molar-refractivity contribution in [2.45, 2.75) is 20.5 Å². The Kier molecular flexibility index (Phi) is 3.53. The van der Waals surface area contributed by atoms with E-state index in [1.54, 1.807) is 12.1 Å². The van der Waals surface area contributed by atoms with Crippen LogP contribution in [0.5, 0.6) is 0 Å². The van der Waals surface area contributed by atoms with Crippen molar-refractivity contribution >= 4 is 21.9 Å². The van der Waals surface area contributed by atoms with E-state index in [0.29, 0.717) is 30.9 Å². The molecule has 3 rings (SSSR count). The maximum atomic E-state index is 11.4. The summed E-state index contributed by atoms with van der Waals surface area (Å²) in [5.74, 6) is 0.850. The number of ether oxygens (including phenoxy) is 1. The number of fused-ring (bicyclic) bond motifs is 2. The molecule has 0 aliphatic heterocycles. The number of hydrogen-bond donors (Lipinski definition) is 1. The Labute approximate surface area is 121 Å². The fraction of sp³-hybridized carbons (Fsp3) is 0.312. The van der Waals surface area contributed by atoms with Crippen LogP contribution in [0.1, 0.15) is 16.9 Å². The van der Waals surface area contributed by atoms with E-state index in [-0.39, 0.29) is 5.63 Å². The summed E-state index contributed by atoms with van der Waals surface area (Å²) in [6, 6.07) is 4.95. The molecule has 5 heteroatoms. The number of nitrogens with two attached hydrogens (primary N) is 1. The van der Waals surface area contributed by atoms with Gasteiger partial charge in [-0.3, -0.25) is 0 Å². The Hall–Kier alpha value is -2.11. The second kappa shape index (κ2) is 5.35. The quantitative estimate of drug-likeness (QED) is 0.589. The molecule has 0 spiro atoms. The van der Waals surface area contributed by atoms with Crippen LogP contribution in [0.3, 0.4) is 0 Å². The molecule has 3 aromatic rings. The Balaban J connectivity index is 2.31. The van der Waals surface area contributed by atoms with Gasteiger partial charge in [0.15, 0.2) is 0 Å². The van der Waals surface area contributed by atoms with Crippen LogP contribution in [0.15, 0.2) is 31.8 Å². The Bertz CT molecular complexity index is 860. The second-order valence-corrected chi connectivity index (χ2v) is 5.02. The molecule has 2 heterocycles. The van der Waals surface area contributed by atoms with Crippen LogP contribution < -0.4 is 11.4 Å². The number of hydrogen-bond acceptors (Lipinski definition) is 5. The van der Waals surface area contributed by atoms with Gasteiger partial charge in [-0.2, -0.15) is 0 Å². The maximum absolute atomic E-state index is 11.4. The zero-order chi connectivity index (χ0) is 15.0. The predicted octanol–water partition coefficient (Wildman–Crippen LogP) is 2.63. The average Bonchev–Trinajstić information content (AvgIpc) is 2.73. The largest absolute Gasteiger partial charge is 0.461 e. The molecule has 1 aromatic carbocycles. The fourth-order valence-corrected chi connectivity index (χ4v) is 2.58. The molecule has 0 radical (unpaired) electrons. The van der Waals surface area contributed by atoms with Crippen LogP contribution in [-0.2, 0) is 11.3 Å². The monoisotopic (exact) mass is 287 g/mol. The third kappa shape index (κ3) is 2.34. The van der Waals surface area contributed by atoms with Crippen molar-refractivity contribution in [2.24, 2.45) is 5.73 Å². The van der Waals surface area contributed by atoms with Crippen molar-refractivity contribution in [1.82, 2.24) is 0 Å². The lowest BCUT2D eigenvalue weighted by molar-refractivity contribution is 0.130. The molecule has 0 atom stereocenters. The van der Waals surface area contributed by atoms with Crippen LogP contribution in [0.25, 0.3) is 21.9 Å². The van der Waals surface area contributed by atoms with E-state index >= 15 is 0 Å². The highest BCUT2D eigenvalue weighted by Crippen LogP contribution is 2.33. The van der Waals surface area contributed by atoms with Crippen molar-refractivity contribution < 1.29 is 13.6 Å². The van der Waals surface area contributed by atoms with Crippen LogP contribution in [-0.4, -0.2) is 13.2 Å². The molecule has 2 aromatic heterocycles. The van der Waals surface area contributed by atoms with Gasteiger partial charge in [-0.25, -0.2) is 4.79 Å². The van der Waals surface area contributed by atoms with Crippen molar-refractivity contribution in [1.29, 1.82) is 0 Å². The molecule has 2 N–H and O–H groups in total. The second-order valence-electron chi connectivity index (χ2n) is 5.02. The van der Waals surface area contributed by atoms with Crippen molar-refractivity contribution in [3.63, 3.8) is 0 Å². The lowest BCUT2D eigenvalue weighted by atomic mass is 10.0. The highest BCUT2D eigenvalue weighted by molar-refractivity contribution is 5.99. The van der Waals surface area contributed by atoms with Crippen LogP contribution in [0.2, 0.25) is 0 Å². The summed E-state index contributed by atoms with van der Waals surface area (Å²) in [7, 11) is 0. The SMILES string of the molecule is Cc1oc2cc3oc(=O)ccc3c(COCCN)c2c1C. The molecule has 0 saturated heterocycles. The van der Waals surface area contributed by atoms with E-state index in [0.717, 1.165) is 27.7 Å². The first-order valence-corrected chi connectivity index (χ1v) is 6.85. The van der Waals surface area contributed by atoms with Crippen LogP contribution >= 0.6 is 0 Å². The van der Waals surface area contributed by atoms with E-state index in [2.05, 4.69) is 0 Å². The van der Waals surface area contributed by atoms with Gasteiger partial charge in [-0.05, 0) is 25.5 Å². The topological polar surface area (TPSA) is 78.6 Å². The fourth-order valence-electron chi connectivity index (χ4n) is 2.58. The number of aryl methyl sites for hydroxylation is 2. The van der Waals surface area contributed by atoms with E-state index in [1.165, 1.54) is 6.07 Å². The molecule has 5 nitrogen and oxygen atoms in total. The third-order valence-corrected chi connectivity index (χ3v) is 3.67. The molecule has 0 amide bonds. The minimum absolute atomic E-state index is 0.379. The zero-order valence-corrected chi connectivity index (χ0v) is 12.1. The number of benzene rings is 1. The molecule has 110 valence electrons. The molecule has 0 unspecified atom stereocenters. The highest BCUT2D eigenvalue weighted by atomic mass is 16.5. The Morgan fingerprint density at radius 2 is 2.00 bits per heavy atom. The van der Waals surface area contributed by atoms with E-state index < -0.39 is 0 Å². The Morgan fingerprint density at radius 1 is 1.19 bits per heavy atom. The first-order chi connectivity index (χ1) is 10.1. The van der Waals surface area contributed by atoms with Gasteiger partial charge in [0.2, 0.25) is 0 Å². The molecular weight excluding hydrogens is 270 g/mol. The standard InChI is InChI=1S/C16H17NO4/c1-9-10(2)20-14-7-13-11(3-4-15(18)21-13)12(16(9)14)8-19-6-5-17/h3-4,7H,5-6,8,17H2,1-2H3. The molecule has 0 aliphatic carbocycles. The van der Waals surface area contributed by atoms with E-state index in [1.807, 2.05) is 13.8 Å². The molecule has 0 saturated carbocycles. The van der Waals surface area contributed by atoms with Gasteiger partial charge in [0.05, 0.1) is 13.2 Å². The van der Waals surface area contributed by atoms with Gasteiger partial charge in [0.25, 0.3) is 0 Å². The third-order valence-electron chi connectivity index (χ3n) is 3.67. The van der Waals surface area contributed by atoms with Gasteiger partial charge in [-0.1, -0.05) is 0 Å². The van der Waals surface area contributed by atoms with E-state index in [4.69, 9.17) is 19.3 Å². The van der Waals surface area contributed by atoms with Gasteiger partial charge in [-0.15, -0.1) is 0 Å². The molecular formula is C16H17NO4. The van der Waals surface area contributed by atoms with Crippen LogP contribution in [0, 0.1) is 13.8 Å². The number of rotatable bonds is 4. The summed E-state index contributed by atoms with van der Waals surface area (Å²) in [6.45, 7) is 5.27. The minimum atomic E-state index is -0.379. The van der Waals surface area contributed by atoms with Gasteiger partial charge < -0.3 is 19.3 Å². The summed E-state index contributed by atoms with van der Waals surface area (Å²) in [4.78, 5) is 11.4. The van der Waals surface area contributed by atoms with Gasteiger partial charge in [0, 0.05) is 35.0 Å². The van der Waals surface area contributed by atoms with Gasteiger partial charge >= 0.3 is 5.63 Å². The minimum Gasteiger partial charge on any atom is -0.461 e. The lowest BCUT2D eigenvalue weighted by Crippen LogP contribution is -2.08. The van der Waals surface area contributed by atoms with Crippen molar-refractivity contribution in [3.8, 4) is 0 Å². The van der Waals surface area contributed by atoms with Crippen molar-refractivity contribution in [3.05, 3.63) is 45.5 Å². The number of furan rings is 1. The summed E-state index contributed by atoms with van der Waals surface area (Å²) in [6.07, 6.45) is 0.